The average Bonchev–Trinajstić information content (AvgIpc) is 0.818. The first-order valence-electron chi connectivity index (χ1n) is 34.2. The Labute approximate surface area is 604 Å². The summed E-state index contributed by atoms with van der Waals surface area (Å²) in [7, 11) is -2.33. The molecule has 1 saturated heterocycles. The van der Waals surface area contributed by atoms with Crippen LogP contribution in [0.15, 0.2) is 85.2 Å². The van der Waals surface area contributed by atoms with Gasteiger partial charge >= 0.3 is 6.09 Å². The van der Waals surface area contributed by atoms with Gasteiger partial charge in [-0.05, 0) is 72.7 Å². The molecule has 0 spiro atoms. The minimum atomic E-state index is -2.60. The predicted molar refractivity (Wildman–Crippen MR) is 380 cm³/mol. The molecule has 15 atom stereocenters. The highest BCUT2D eigenvalue weighted by Gasteiger charge is 2.43. The van der Waals surface area contributed by atoms with Crippen molar-refractivity contribution in [3.8, 4) is 0 Å². The number of guanidine groups is 1. The molecule has 3 aromatic rings. The van der Waals surface area contributed by atoms with Crippen LogP contribution in [0.5, 0.6) is 0 Å². The van der Waals surface area contributed by atoms with Crippen molar-refractivity contribution in [1.82, 2.24) is 74.1 Å². The molecule has 572 valence electrons. The number of rotatable bonds is 26. The maximum absolute atomic E-state index is 15.8. The predicted octanol–water partition coefficient (Wildman–Crippen LogP) is -3.80. The summed E-state index contributed by atoms with van der Waals surface area (Å²) in [6.45, 7) is 13.8. The number of aliphatic hydroxyl groups is 4. The van der Waals surface area contributed by atoms with E-state index in [9.17, 15) is 68.4 Å². The Morgan fingerprint density at radius 3 is 1.78 bits per heavy atom. The second-order valence-electron chi connectivity index (χ2n) is 27.4. The van der Waals surface area contributed by atoms with Crippen LogP contribution in [0.3, 0.4) is 0 Å². The molecular weight excluding hydrogens is 1370 g/mol. The SMILES string of the molecule is CC[C@H](C)[C@@H]1NC(=O)[C@@H](CCCNC(=N)N)NC(=O)[C@H](CC(C)C)NC(=O)[C@H]([C@H](O)C(C)C)NC(=O)[C@@H](NC(=O)[C@H](Cc2cccnc2)NC(=O)[C@@H](C[Si](C)(C)C)NC(=O)OCc2ccccc2)[C@@H](c2ccccc2)NC(=O)[C@H](CO)NC(=O)[C@H]([C@H](O)C(N)=O)NC(=O)CNC(=O)[C@H]([C@H](C)O)NC1=O. The molecule has 35 nitrogen and oxygen atoms in total. The van der Waals surface area contributed by atoms with Crippen LogP contribution in [0.25, 0.3) is 0 Å². The average molecular weight is 1470 g/mol. The lowest BCUT2D eigenvalue weighted by molar-refractivity contribution is -0.140. The smallest absolute Gasteiger partial charge is 0.408 e. The Hall–Kier alpha value is -10.2. The Morgan fingerprint density at radius 1 is 0.644 bits per heavy atom. The monoisotopic (exact) mass is 1470 g/mol. The molecule has 2 aromatic carbocycles. The molecule has 0 radical (unpaired) electrons. The van der Waals surface area contributed by atoms with Crippen molar-refractivity contribution in [2.75, 3.05) is 19.7 Å². The summed E-state index contributed by atoms with van der Waals surface area (Å²) >= 11 is 0. The van der Waals surface area contributed by atoms with Crippen LogP contribution in [0.2, 0.25) is 25.7 Å². The summed E-state index contributed by atoms with van der Waals surface area (Å²) in [6, 6.07) is -1.30. The van der Waals surface area contributed by atoms with Crippen molar-refractivity contribution in [3.05, 3.63) is 102 Å². The lowest BCUT2D eigenvalue weighted by atomic mass is 9.94. The number of alkyl carbamates (subject to hydrolysis) is 1. The van der Waals surface area contributed by atoms with E-state index >= 15 is 14.4 Å². The van der Waals surface area contributed by atoms with Crippen LogP contribution in [0.1, 0.15) is 96.9 Å². The third-order valence-electron chi connectivity index (χ3n) is 16.7. The first-order chi connectivity index (χ1) is 48.9. The Kier molecular flexibility index (Phi) is 34.7. The number of nitrogens with two attached hydrogens (primary N) is 2. The molecule has 1 aliphatic rings. The molecule has 0 saturated carbocycles. The largest absolute Gasteiger partial charge is 0.445 e. The minimum absolute atomic E-state index is 0.00365. The minimum Gasteiger partial charge on any atom is -0.445 e. The van der Waals surface area contributed by atoms with Crippen molar-refractivity contribution in [1.29, 1.82) is 5.41 Å². The van der Waals surface area contributed by atoms with Gasteiger partial charge in [0, 0.05) is 33.4 Å². The van der Waals surface area contributed by atoms with Gasteiger partial charge in [0.25, 0.3) is 0 Å². The number of hydrogen-bond acceptors (Lipinski definition) is 20. The summed E-state index contributed by atoms with van der Waals surface area (Å²) in [5.41, 5.74) is 11.9. The number of ether oxygens (including phenoxy) is 1. The van der Waals surface area contributed by atoms with Crippen molar-refractivity contribution in [3.63, 3.8) is 0 Å². The van der Waals surface area contributed by atoms with Crippen molar-refractivity contribution < 1.29 is 87.5 Å². The van der Waals surface area contributed by atoms with Gasteiger partial charge in [0.15, 0.2) is 12.1 Å². The van der Waals surface area contributed by atoms with Crippen LogP contribution in [-0.2, 0) is 75.3 Å². The zero-order valence-electron chi connectivity index (χ0n) is 60.1. The normalized spacial score (nSPS) is 22.8. The molecular formula is C68H103N17O18Si. The molecule has 1 aromatic heterocycles. The van der Waals surface area contributed by atoms with Crippen LogP contribution in [0, 0.1) is 23.2 Å². The number of primary amides is 1. The zero-order chi connectivity index (χ0) is 77.7. The van der Waals surface area contributed by atoms with E-state index in [-0.39, 0.29) is 56.9 Å². The van der Waals surface area contributed by atoms with Gasteiger partial charge < -0.3 is 106 Å². The fraction of sp³-hybridized carbons (Fsp3) is 0.544. The molecule has 22 N–H and O–H groups in total. The summed E-state index contributed by atoms with van der Waals surface area (Å²) in [4.78, 5) is 192. The number of amides is 13. The van der Waals surface area contributed by atoms with Gasteiger partial charge in [-0.2, -0.15) is 0 Å². The molecule has 0 bridgehead atoms. The molecule has 104 heavy (non-hydrogen) atoms. The van der Waals surface area contributed by atoms with E-state index in [0.29, 0.717) is 11.1 Å². The number of hydrogen-bond donors (Lipinski definition) is 20. The quantitative estimate of drug-likeness (QED) is 0.0159. The molecule has 0 unspecified atom stereocenters. The molecule has 0 aliphatic carbocycles. The number of nitrogens with zero attached hydrogens (tertiary/aromatic N) is 1. The van der Waals surface area contributed by atoms with Crippen molar-refractivity contribution in [2.24, 2.45) is 29.2 Å². The fourth-order valence-electron chi connectivity index (χ4n) is 10.8. The highest BCUT2D eigenvalue weighted by atomic mass is 28.3. The third kappa shape index (κ3) is 28.2. The van der Waals surface area contributed by atoms with Gasteiger partial charge in [-0.25, -0.2) is 4.79 Å². The molecule has 2 heterocycles. The first kappa shape index (κ1) is 86.2. The second-order valence-corrected chi connectivity index (χ2v) is 33.0. The lowest BCUT2D eigenvalue weighted by Gasteiger charge is -2.34. The number of carbonyl (C=O) groups excluding carboxylic acids is 13. The van der Waals surface area contributed by atoms with Gasteiger partial charge in [0.1, 0.15) is 67.0 Å². The Morgan fingerprint density at radius 2 is 1.21 bits per heavy atom. The molecule has 1 fully saturated rings. The summed E-state index contributed by atoms with van der Waals surface area (Å²) in [5.74, 6) is -17.2. The van der Waals surface area contributed by atoms with Crippen LogP contribution >= 0.6 is 0 Å². The van der Waals surface area contributed by atoms with E-state index in [1.807, 2.05) is 25.0 Å². The standard InChI is InChI=1S/C68H103N17O18Si/c1-11-37(6)48-63(98)82-49(38(7)87)62(97)74-31-47(88)80-53(55(90)56(69)91)66(101)78-45(32-86)60(95)83-50(41-23-16-13-17-24-41)51(64(99)85-52(54(89)36(4)5)65(100)77-43(28-35(2)3)58(93)75-42(57(92)81-48)25-19-27-73-67(70)71)84-59(94)44(29-40-22-18-26-72-30-40)76-61(96)46(34-104(8,9)10)79-68(102)103-33-39-20-14-12-15-21-39/h12-18,20-24,26,30,35-38,42-46,48-55,86-87,89-90H,11,19,25,27-29,31-34H2,1-10H3,(H2,69,91)(H,74,97)(H,75,93)(H,76,96)(H,77,100)(H,78,101)(H,79,102)(H,80,88)(H,81,92)(H,82,98)(H,83,95)(H,84,94)(H,85,99)(H4,70,71,73)/t37-,38-,42+,43-,44-,45-,46+,48-,49-,50+,51-,52-,53-,54+,55-/m0/s1. The summed E-state index contributed by atoms with van der Waals surface area (Å²) in [6.07, 6.45) is -4.82. The van der Waals surface area contributed by atoms with E-state index in [4.69, 9.17) is 21.6 Å². The summed E-state index contributed by atoms with van der Waals surface area (Å²) < 4.78 is 5.49. The number of aliphatic hydroxyl groups excluding tert-OH is 4. The molecule has 4 rings (SSSR count). The van der Waals surface area contributed by atoms with Gasteiger partial charge in [0.2, 0.25) is 70.9 Å². The van der Waals surface area contributed by atoms with E-state index < -0.39 is 207 Å². The Bertz CT molecular complexity index is 3430. The first-order valence-corrected chi connectivity index (χ1v) is 37.9. The molecule has 36 heteroatoms. The summed E-state index contributed by atoms with van der Waals surface area (Å²) in [5, 5.41) is 84.5. The number of nitrogens with one attached hydrogen (secondary N) is 14. The second kappa shape index (κ2) is 41.8. The van der Waals surface area contributed by atoms with Gasteiger partial charge in [-0.3, -0.25) is 67.9 Å². The lowest BCUT2D eigenvalue weighted by Crippen LogP contribution is -2.65. The van der Waals surface area contributed by atoms with Gasteiger partial charge in [-0.15, -0.1) is 0 Å². The topological polar surface area (TPSA) is 557 Å². The van der Waals surface area contributed by atoms with Crippen LogP contribution in [0.4, 0.5) is 4.79 Å². The fourth-order valence-corrected chi connectivity index (χ4v) is 12.3. The van der Waals surface area contributed by atoms with Crippen molar-refractivity contribution >= 4 is 91.0 Å². The highest BCUT2D eigenvalue weighted by Crippen LogP contribution is 2.22. The number of pyridine rings is 1. The molecule has 13 amide bonds. The number of aromatic nitrogens is 1. The Balaban J connectivity index is 2.02. The van der Waals surface area contributed by atoms with E-state index in [1.165, 1.54) is 62.6 Å². The van der Waals surface area contributed by atoms with Gasteiger partial charge in [0.05, 0.1) is 31.4 Å². The number of carbonyl (C=O) groups is 13. The van der Waals surface area contributed by atoms with E-state index in [1.54, 1.807) is 64.1 Å². The third-order valence-corrected chi connectivity index (χ3v) is 18.3. The van der Waals surface area contributed by atoms with Gasteiger partial charge in [-0.1, -0.05) is 134 Å². The van der Waals surface area contributed by atoms with Crippen LogP contribution < -0.4 is 80.6 Å². The number of benzene rings is 2. The maximum Gasteiger partial charge on any atom is 0.408 e. The highest BCUT2D eigenvalue weighted by molar-refractivity contribution is 6.76. The molecule has 1 aliphatic heterocycles. The van der Waals surface area contributed by atoms with E-state index in [2.05, 4.69) is 68.8 Å². The van der Waals surface area contributed by atoms with Crippen LogP contribution in [-0.4, -0.2) is 215 Å². The van der Waals surface area contributed by atoms with E-state index in [0.717, 1.165) is 6.92 Å². The maximum atomic E-state index is 15.8. The zero-order valence-corrected chi connectivity index (χ0v) is 61.1. The van der Waals surface area contributed by atoms with Crippen molar-refractivity contribution in [2.45, 2.75) is 198 Å².